The first-order chi connectivity index (χ1) is 15.6. The average molecular weight is 436 g/mol. The van der Waals surface area contributed by atoms with Gasteiger partial charge in [-0.2, -0.15) is 5.10 Å². The van der Waals surface area contributed by atoms with Crippen molar-refractivity contribution in [3.8, 4) is 0 Å². The lowest BCUT2D eigenvalue weighted by molar-refractivity contribution is -0.141. The lowest BCUT2D eigenvalue weighted by Crippen LogP contribution is -2.47. The summed E-state index contributed by atoms with van der Waals surface area (Å²) in [5, 5.41) is 15.2. The maximum absolute atomic E-state index is 11.6. The first kappa shape index (κ1) is 20.7. The van der Waals surface area contributed by atoms with E-state index in [0.717, 1.165) is 47.6 Å². The van der Waals surface area contributed by atoms with Crippen molar-refractivity contribution in [3.63, 3.8) is 0 Å². The summed E-state index contributed by atoms with van der Waals surface area (Å²) in [4.78, 5) is 23.5. The van der Waals surface area contributed by atoms with Crippen molar-refractivity contribution in [1.29, 1.82) is 0 Å². The molecule has 0 amide bonds. The van der Waals surface area contributed by atoms with E-state index in [0.29, 0.717) is 30.4 Å². The molecule has 1 unspecified atom stereocenters. The molecule has 32 heavy (non-hydrogen) atoms. The largest absolute Gasteiger partial charge is 0.469 e. The van der Waals surface area contributed by atoms with Crippen molar-refractivity contribution in [3.05, 3.63) is 36.2 Å². The van der Waals surface area contributed by atoms with Crippen molar-refractivity contribution in [2.24, 2.45) is 0 Å². The highest BCUT2D eigenvalue weighted by Gasteiger charge is 2.40. The molecular weight excluding hydrogens is 406 g/mol. The minimum absolute atomic E-state index is 0.135. The molecule has 2 bridgehead atoms. The van der Waals surface area contributed by atoms with E-state index in [1.165, 1.54) is 20.0 Å². The molecule has 0 aliphatic carbocycles. The molecule has 0 spiro atoms. The van der Waals surface area contributed by atoms with Crippen LogP contribution in [0.15, 0.2) is 30.5 Å². The van der Waals surface area contributed by atoms with Gasteiger partial charge in [-0.25, -0.2) is 4.98 Å². The first-order valence-electron chi connectivity index (χ1n) is 11.2. The van der Waals surface area contributed by atoms with Gasteiger partial charge in [-0.3, -0.25) is 19.8 Å². The molecule has 3 N–H and O–H groups in total. The van der Waals surface area contributed by atoms with Crippen molar-refractivity contribution in [2.45, 2.75) is 57.2 Å². The zero-order valence-corrected chi connectivity index (χ0v) is 18.5. The molecule has 3 aromatic heterocycles. The standard InChI is InChI=1S/C23H29N7O2/c1-14-10-21(29-28-14)26-20-13-19-18(4-3-8-24-19)23(27-20)25-15-11-16-5-6-17(12-15)30(16)9-7-22(31)32-2/h3-4,8,10,13,15-17H,5-7,9,11-12H2,1-2H3,(H3,25,26,27,28,29)/t15?,16-,17+. The topological polar surface area (TPSA) is 108 Å². The van der Waals surface area contributed by atoms with E-state index in [1.807, 2.05) is 25.1 Å². The van der Waals surface area contributed by atoms with Gasteiger partial charge in [0.1, 0.15) is 11.6 Å². The number of aromatic amines is 1. The number of hydrogen-bond acceptors (Lipinski definition) is 8. The van der Waals surface area contributed by atoms with E-state index in [9.17, 15) is 4.79 Å². The number of methoxy groups -OCH3 is 1. The van der Waals surface area contributed by atoms with E-state index in [4.69, 9.17) is 9.72 Å². The van der Waals surface area contributed by atoms with Gasteiger partial charge < -0.3 is 15.4 Å². The summed E-state index contributed by atoms with van der Waals surface area (Å²) in [7, 11) is 1.45. The second-order valence-electron chi connectivity index (χ2n) is 8.75. The number of anilines is 3. The fraction of sp³-hybridized carbons (Fsp3) is 0.478. The molecule has 9 nitrogen and oxygen atoms in total. The Morgan fingerprint density at radius 2 is 2.06 bits per heavy atom. The van der Waals surface area contributed by atoms with Crippen LogP contribution < -0.4 is 10.6 Å². The normalized spacial score (nSPS) is 22.8. The fourth-order valence-electron chi connectivity index (χ4n) is 5.14. The Kier molecular flexibility index (Phi) is 5.65. The summed E-state index contributed by atoms with van der Waals surface area (Å²) in [6.07, 6.45) is 6.70. The Labute approximate surface area is 187 Å². The van der Waals surface area contributed by atoms with Crippen molar-refractivity contribution >= 4 is 34.3 Å². The summed E-state index contributed by atoms with van der Waals surface area (Å²) in [6, 6.07) is 9.21. The molecule has 2 aliphatic rings. The number of nitrogens with zero attached hydrogens (tertiary/aromatic N) is 4. The first-order valence-corrected chi connectivity index (χ1v) is 11.2. The number of rotatable bonds is 7. The number of ether oxygens (including phenoxy) is 1. The molecule has 3 atom stereocenters. The van der Waals surface area contributed by atoms with Crippen LogP contribution in [0.25, 0.3) is 10.9 Å². The Morgan fingerprint density at radius 3 is 2.78 bits per heavy atom. The number of aromatic nitrogens is 4. The SMILES string of the molecule is COC(=O)CCN1[C@@H]2CC[C@H]1CC(Nc1nc(Nc3cc(C)[nH]n3)cc3ncccc13)C2. The predicted octanol–water partition coefficient (Wildman–Crippen LogP) is 3.38. The zero-order chi connectivity index (χ0) is 22.1. The summed E-state index contributed by atoms with van der Waals surface area (Å²) < 4.78 is 4.82. The number of carbonyl (C=O) groups is 1. The number of aryl methyl sites for hydroxylation is 1. The van der Waals surface area contributed by atoms with Crippen LogP contribution in [0.3, 0.4) is 0 Å². The molecule has 9 heteroatoms. The molecule has 2 aliphatic heterocycles. The third-order valence-electron chi connectivity index (χ3n) is 6.59. The van der Waals surface area contributed by atoms with Gasteiger partial charge in [0.25, 0.3) is 0 Å². The van der Waals surface area contributed by atoms with E-state index >= 15 is 0 Å². The number of fused-ring (bicyclic) bond motifs is 3. The quantitative estimate of drug-likeness (QED) is 0.485. The number of nitrogens with one attached hydrogen (secondary N) is 3. The van der Waals surface area contributed by atoms with Crippen LogP contribution >= 0.6 is 0 Å². The number of hydrogen-bond donors (Lipinski definition) is 3. The van der Waals surface area contributed by atoms with E-state index in [2.05, 4.69) is 36.8 Å². The molecule has 2 saturated heterocycles. The highest BCUT2D eigenvalue weighted by Crippen LogP contribution is 2.37. The average Bonchev–Trinajstić information content (AvgIpc) is 3.30. The minimum atomic E-state index is -0.135. The highest BCUT2D eigenvalue weighted by molar-refractivity contribution is 5.91. The van der Waals surface area contributed by atoms with Crippen LogP contribution in [-0.2, 0) is 9.53 Å². The van der Waals surface area contributed by atoms with Crippen LogP contribution in [0, 0.1) is 6.92 Å². The number of H-pyrrole nitrogens is 1. The van der Waals surface area contributed by atoms with E-state index in [1.54, 1.807) is 6.20 Å². The zero-order valence-electron chi connectivity index (χ0n) is 18.5. The second-order valence-corrected chi connectivity index (χ2v) is 8.75. The molecule has 3 aromatic rings. The lowest BCUT2D eigenvalue weighted by atomic mass is 9.97. The molecule has 0 radical (unpaired) electrons. The molecule has 5 heterocycles. The summed E-state index contributed by atoms with van der Waals surface area (Å²) in [5.41, 5.74) is 1.87. The van der Waals surface area contributed by atoms with Gasteiger partial charge in [-0.05, 0) is 44.7 Å². The van der Waals surface area contributed by atoms with Crippen molar-refractivity contribution in [2.75, 3.05) is 24.3 Å². The molecular formula is C23H29N7O2. The molecule has 2 fully saturated rings. The number of piperidine rings is 1. The molecule has 168 valence electrons. The number of pyridine rings is 2. The molecule has 0 aromatic carbocycles. The van der Waals surface area contributed by atoms with Crippen molar-refractivity contribution < 1.29 is 9.53 Å². The van der Waals surface area contributed by atoms with Crippen molar-refractivity contribution in [1.82, 2.24) is 25.1 Å². The molecule has 0 saturated carbocycles. The fourth-order valence-corrected chi connectivity index (χ4v) is 5.14. The third-order valence-corrected chi connectivity index (χ3v) is 6.59. The maximum Gasteiger partial charge on any atom is 0.306 e. The smallest absolute Gasteiger partial charge is 0.306 e. The summed E-state index contributed by atoms with van der Waals surface area (Å²) in [6.45, 7) is 2.74. The Hall–Kier alpha value is -3.20. The number of esters is 1. The van der Waals surface area contributed by atoms with Gasteiger partial charge >= 0.3 is 5.97 Å². The van der Waals surface area contributed by atoms with Gasteiger partial charge in [0, 0.05) is 54.1 Å². The van der Waals surface area contributed by atoms with Gasteiger partial charge in [-0.15, -0.1) is 0 Å². The summed E-state index contributed by atoms with van der Waals surface area (Å²) in [5.74, 6) is 2.15. The van der Waals surface area contributed by atoms with Crippen LogP contribution in [0.2, 0.25) is 0 Å². The van der Waals surface area contributed by atoms with Gasteiger partial charge in [0.15, 0.2) is 5.82 Å². The van der Waals surface area contributed by atoms with E-state index < -0.39 is 0 Å². The van der Waals surface area contributed by atoms with E-state index in [-0.39, 0.29) is 5.97 Å². The third kappa shape index (κ3) is 4.25. The Balaban J connectivity index is 1.33. The van der Waals surface area contributed by atoms with Crippen LogP contribution in [0.5, 0.6) is 0 Å². The highest BCUT2D eigenvalue weighted by atomic mass is 16.5. The minimum Gasteiger partial charge on any atom is -0.469 e. The monoisotopic (exact) mass is 435 g/mol. The van der Waals surface area contributed by atoms with Gasteiger partial charge in [0.05, 0.1) is 19.0 Å². The van der Waals surface area contributed by atoms with Crippen LogP contribution in [0.4, 0.5) is 17.5 Å². The predicted molar refractivity (Wildman–Crippen MR) is 123 cm³/mol. The van der Waals surface area contributed by atoms with Gasteiger partial charge in [-0.1, -0.05) is 0 Å². The van der Waals surface area contributed by atoms with Gasteiger partial charge in [0.2, 0.25) is 0 Å². The maximum atomic E-state index is 11.6. The summed E-state index contributed by atoms with van der Waals surface area (Å²) >= 11 is 0. The Morgan fingerprint density at radius 1 is 1.25 bits per heavy atom. The molecule has 5 rings (SSSR count). The Bertz CT molecular complexity index is 1100. The van der Waals surface area contributed by atoms with Crippen LogP contribution in [-0.4, -0.2) is 62.8 Å². The van der Waals surface area contributed by atoms with Crippen LogP contribution in [0.1, 0.15) is 37.8 Å². The number of carbonyl (C=O) groups excluding carboxylic acids is 1. The second kappa shape index (κ2) is 8.74. The lowest BCUT2D eigenvalue weighted by Gasteiger charge is -2.39.